The smallest absolute Gasteiger partial charge is 0.231 e. The first-order chi connectivity index (χ1) is 20.5. The van der Waals surface area contributed by atoms with Crippen molar-refractivity contribution in [1.82, 2.24) is 5.32 Å². The van der Waals surface area contributed by atoms with Gasteiger partial charge in [-0.1, -0.05) is 18.5 Å². The number of amides is 1. The second-order valence-electron chi connectivity index (χ2n) is 10.0. The molecule has 0 fully saturated rings. The van der Waals surface area contributed by atoms with E-state index in [0.29, 0.717) is 17.1 Å². The molecule has 232 valence electrons. The summed E-state index contributed by atoms with van der Waals surface area (Å²) in [7, 11) is 7.09. The van der Waals surface area contributed by atoms with Crippen molar-refractivity contribution >= 4 is 41.7 Å². The molecule has 0 aromatic heterocycles. The van der Waals surface area contributed by atoms with Crippen LogP contribution in [0.2, 0.25) is 5.02 Å². The second-order valence-corrected chi connectivity index (χ2v) is 10.9. The summed E-state index contributed by atoms with van der Waals surface area (Å²) in [5.41, 5.74) is -1.77. The lowest BCUT2D eigenvalue weighted by Gasteiger charge is -2.38. The molecule has 2 N–H and O–H groups in total. The number of fused-ring (bicyclic) bond motifs is 1. The van der Waals surface area contributed by atoms with E-state index in [1.807, 2.05) is 0 Å². The van der Waals surface area contributed by atoms with E-state index in [2.05, 4.69) is 17.9 Å². The molecule has 1 heterocycles. The zero-order valence-corrected chi connectivity index (χ0v) is 26.3. The van der Waals surface area contributed by atoms with Crippen molar-refractivity contribution in [1.29, 1.82) is 0 Å². The molecule has 3 atom stereocenters. The van der Waals surface area contributed by atoms with Crippen molar-refractivity contribution in [3.63, 3.8) is 0 Å². The van der Waals surface area contributed by atoms with Crippen molar-refractivity contribution in [3.05, 3.63) is 45.7 Å². The van der Waals surface area contributed by atoms with Gasteiger partial charge in [0.05, 0.1) is 35.5 Å². The van der Waals surface area contributed by atoms with E-state index in [0.717, 1.165) is 0 Å². The Morgan fingerprint density at radius 1 is 1.05 bits per heavy atom. The molecule has 0 saturated heterocycles. The number of rotatable bonds is 11. The van der Waals surface area contributed by atoms with Gasteiger partial charge >= 0.3 is 0 Å². The van der Waals surface area contributed by atoms with Crippen LogP contribution in [0.25, 0.3) is 0 Å². The number of hydrogen-bond donors (Lipinski definition) is 3. The minimum Gasteiger partial charge on any atom is -0.507 e. The monoisotopic (exact) mass is 635 g/mol. The lowest BCUT2D eigenvalue weighted by molar-refractivity contribution is -0.121. The molecule has 1 amide bonds. The van der Waals surface area contributed by atoms with Gasteiger partial charge in [0, 0.05) is 48.6 Å². The molecule has 3 unspecified atom stereocenters. The predicted molar refractivity (Wildman–Crippen MR) is 161 cm³/mol. The number of nitrogens with one attached hydrogen (secondary N) is 1. The van der Waals surface area contributed by atoms with E-state index in [4.69, 9.17) is 40.0 Å². The molecule has 43 heavy (non-hydrogen) atoms. The fourth-order valence-corrected chi connectivity index (χ4v) is 6.06. The Morgan fingerprint density at radius 2 is 1.65 bits per heavy atom. The first kappa shape index (κ1) is 32.2. The Labute approximate surface area is 259 Å². The van der Waals surface area contributed by atoms with E-state index in [1.54, 1.807) is 19.1 Å². The fraction of sp³-hybridized carbons (Fsp3) is 0.433. The Hall–Kier alpha value is -3.77. The minimum atomic E-state index is -2.02. The number of allylic oxidation sites excluding steroid dienone is 1. The zero-order chi connectivity index (χ0) is 31.6. The van der Waals surface area contributed by atoms with Gasteiger partial charge in [0.2, 0.25) is 23.0 Å². The van der Waals surface area contributed by atoms with E-state index < -0.39 is 40.7 Å². The summed E-state index contributed by atoms with van der Waals surface area (Å²) in [5.74, 6) is -2.46. The van der Waals surface area contributed by atoms with Gasteiger partial charge in [-0.15, -0.1) is 0 Å². The minimum absolute atomic E-state index is 0.00860. The maximum Gasteiger partial charge on any atom is 0.231 e. The third-order valence-electron chi connectivity index (χ3n) is 7.77. The van der Waals surface area contributed by atoms with Crippen LogP contribution in [0.5, 0.6) is 34.5 Å². The van der Waals surface area contributed by atoms with Crippen LogP contribution in [0.15, 0.2) is 29.5 Å². The maximum atomic E-state index is 14.2. The van der Waals surface area contributed by atoms with Gasteiger partial charge in [0.1, 0.15) is 22.1 Å². The van der Waals surface area contributed by atoms with Crippen LogP contribution < -0.4 is 33.7 Å². The first-order valence-corrected chi connectivity index (χ1v) is 14.4. The summed E-state index contributed by atoms with van der Waals surface area (Å²) >= 11 is 10.7. The topological polar surface area (TPSA) is 139 Å². The highest BCUT2D eigenvalue weighted by atomic mass is 35.5. The van der Waals surface area contributed by atoms with Gasteiger partial charge < -0.3 is 38.8 Å². The second kappa shape index (κ2) is 12.8. The van der Waals surface area contributed by atoms with E-state index >= 15 is 0 Å². The molecule has 2 aromatic rings. The summed E-state index contributed by atoms with van der Waals surface area (Å²) in [6, 6.07) is 4.63. The molecule has 4 rings (SSSR count). The molecule has 0 bridgehead atoms. The third kappa shape index (κ3) is 5.31. The molecular weight excluding hydrogens is 602 g/mol. The lowest BCUT2D eigenvalue weighted by Crippen LogP contribution is -2.53. The molecule has 2 aromatic carbocycles. The van der Waals surface area contributed by atoms with Gasteiger partial charge in [0.15, 0.2) is 28.8 Å². The number of benzene rings is 2. The number of ether oxygens (including phenoxy) is 6. The van der Waals surface area contributed by atoms with Gasteiger partial charge in [-0.3, -0.25) is 14.4 Å². The van der Waals surface area contributed by atoms with Crippen LogP contribution in [-0.4, -0.2) is 76.0 Å². The molecule has 0 radical (unpaired) electrons. The van der Waals surface area contributed by atoms with Crippen molar-refractivity contribution in [2.45, 2.75) is 31.3 Å². The fourth-order valence-electron chi connectivity index (χ4n) is 5.68. The van der Waals surface area contributed by atoms with Crippen LogP contribution in [0.4, 0.5) is 0 Å². The van der Waals surface area contributed by atoms with Crippen LogP contribution in [0, 0.1) is 5.92 Å². The van der Waals surface area contributed by atoms with Crippen molar-refractivity contribution in [2.75, 3.05) is 47.8 Å². The number of methoxy groups -OCH3 is 5. The van der Waals surface area contributed by atoms with Gasteiger partial charge in [-0.05, 0) is 17.7 Å². The Balaban J connectivity index is 1.98. The van der Waals surface area contributed by atoms with Gasteiger partial charge in [0.25, 0.3) is 0 Å². The first-order valence-electron chi connectivity index (χ1n) is 13.4. The Kier molecular flexibility index (Phi) is 9.60. The van der Waals surface area contributed by atoms with Crippen molar-refractivity contribution < 1.29 is 47.9 Å². The van der Waals surface area contributed by atoms with Crippen LogP contribution in [0.1, 0.15) is 41.6 Å². The SMILES string of the molecule is COc1cc(OC)c2c(c1Cl)OC1(C2=O)C(O)=C(C(CC(=O)NCCS)c2cc(OC)c(OC)c(OC)c2)C(=O)CC1C. The standard InChI is InChI=1S/C30H34ClNO10S/c1-14-9-17(33)23(28(35)30(14)29(36)24-18(37-2)13-19(38-3)25(31)27(24)42-30)16(12-22(34)32-7-8-43)15-10-20(39-4)26(41-6)21(11-15)40-5/h10-11,13-14,16,35,43H,7-9,12H2,1-6H3,(H,32,34). The number of carbonyl (C=O) groups is 3. The van der Waals surface area contributed by atoms with Crippen LogP contribution >= 0.6 is 24.2 Å². The average molecular weight is 636 g/mol. The molecule has 2 aliphatic rings. The van der Waals surface area contributed by atoms with Gasteiger partial charge in [-0.2, -0.15) is 12.6 Å². The normalized spacial score (nSPS) is 20.0. The van der Waals surface area contributed by atoms with Gasteiger partial charge in [-0.25, -0.2) is 0 Å². The number of Topliss-reactive ketones (excluding diaryl/α,β-unsaturated/α-hetero) is 2. The molecule has 0 saturated carbocycles. The third-order valence-corrected chi connectivity index (χ3v) is 8.35. The maximum absolute atomic E-state index is 14.2. The van der Waals surface area contributed by atoms with E-state index in [1.165, 1.54) is 41.6 Å². The average Bonchev–Trinajstić information content (AvgIpc) is 3.32. The van der Waals surface area contributed by atoms with Crippen molar-refractivity contribution in [2.24, 2.45) is 5.92 Å². The summed E-state index contributed by atoms with van der Waals surface area (Å²) in [6.45, 7) is 1.90. The van der Waals surface area contributed by atoms with E-state index in [-0.39, 0.29) is 64.3 Å². The molecule has 11 nitrogen and oxygen atoms in total. The largest absolute Gasteiger partial charge is 0.507 e. The molecule has 1 aliphatic heterocycles. The number of aliphatic hydroxyl groups is 1. The molecule has 1 spiro atoms. The van der Waals surface area contributed by atoms with Crippen LogP contribution in [0.3, 0.4) is 0 Å². The lowest BCUT2D eigenvalue weighted by atomic mass is 9.69. The van der Waals surface area contributed by atoms with Crippen molar-refractivity contribution in [3.8, 4) is 34.5 Å². The number of aliphatic hydroxyl groups excluding tert-OH is 1. The van der Waals surface area contributed by atoms with Crippen LogP contribution in [-0.2, 0) is 9.59 Å². The number of thiol groups is 1. The zero-order valence-electron chi connectivity index (χ0n) is 24.7. The summed E-state index contributed by atoms with van der Waals surface area (Å²) in [5, 5.41) is 14.8. The van der Waals surface area contributed by atoms with E-state index in [9.17, 15) is 19.5 Å². The molecular formula is C30H34ClNO10S. The number of hydrogen-bond acceptors (Lipinski definition) is 11. The summed E-state index contributed by atoms with van der Waals surface area (Å²) in [4.78, 5) is 41.1. The summed E-state index contributed by atoms with van der Waals surface area (Å²) < 4.78 is 33.5. The number of carbonyl (C=O) groups excluding carboxylic acids is 3. The number of ketones is 2. The number of halogens is 1. The molecule has 13 heteroatoms. The highest BCUT2D eigenvalue weighted by Gasteiger charge is 2.61. The quantitative estimate of drug-likeness (QED) is 0.306. The Bertz CT molecular complexity index is 1470. The summed E-state index contributed by atoms with van der Waals surface area (Å²) in [6.07, 6.45) is -0.434. The highest BCUT2D eigenvalue weighted by Crippen LogP contribution is 2.56. The predicted octanol–water partition coefficient (Wildman–Crippen LogP) is 4.34. The highest BCUT2D eigenvalue weighted by molar-refractivity contribution is 7.80. The molecule has 1 aliphatic carbocycles. The Morgan fingerprint density at radius 3 is 2.19 bits per heavy atom.